The number of nitrogens with zero attached hydrogens (tertiary/aromatic N) is 2. The van der Waals surface area contributed by atoms with Gasteiger partial charge in [0.05, 0.1) is 6.42 Å². The summed E-state index contributed by atoms with van der Waals surface area (Å²) < 4.78 is 5.91. The van der Waals surface area contributed by atoms with Crippen molar-refractivity contribution in [2.45, 2.75) is 13.0 Å². The third kappa shape index (κ3) is 6.57. The largest absolute Gasteiger partial charge is 0.492 e. The number of carbonyl (C=O) groups is 1. The van der Waals surface area contributed by atoms with Crippen molar-refractivity contribution in [2.24, 2.45) is 0 Å². The maximum Gasteiger partial charge on any atom is 0.307 e. The molecule has 172 valence electrons. The van der Waals surface area contributed by atoms with E-state index >= 15 is 0 Å². The molecule has 0 aromatic heterocycles. The first kappa shape index (κ1) is 23.3. The Balaban J connectivity index is 1.27. The molecule has 1 N–H and O–H groups in total. The third-order valence-electron chi connectivity index (χ3n) is 6.01. The molecule has 0 saturated carbocycles. The third-order valence-corrected chi connectivity index (χ3v) is 6.26. The lowest BCUT2D eigenvalue weighted by atomic mass is 9.99. The van der Waals surface area contributed by atoms with Crippen molar-refractivity contribution >= 4 is 17.6 Å². The fourth-order valence-corrected chi connectivity index (χ4v) is 4.35. The second-order valence-electron chi connectivity index (χ2n) is 8.31. The van der Waals surface area contributed by atoms with Gasteiger partial charge in [-0.1, -0.05) is 66.2 Å². The van der Waals surface area contributed by atoms with Crippen LogP contribution in [0.3, 0.4) is 0 Å². The van der Waals surface area contributed by atoms with Gasteiger partial charge in [0.1, 0.15) is 12.4 Å². The van der Waals surface area contributed by atoms with Gasteiger partial charge in [-0.15, -0.1) is 0 Å². The highest BCUT2D eigenvalue weighted by Gasteiger charge is 2.18. The van der Waals surface area contributed by atoms with Gasteiger partial charge in [-0.2, -0.15) is 0 Å². The number of hydrogen-bond donors (Lipinski definition) is 1. The van der Waals surface area contributed by atoms with Crippen LogP contribution in [0.2, 0.25) is 5.02 Å². The van der Waals surface area contributed by atoms with Gasteiger partial charge in [0, 0.05) is 49.9 Å². The molecule has 5 nitrogen and oxygen atoms in total. The Hall–Kier alpha value is -2.86. The minimum Gasteiger partial charge on any atom is -0.492 e. The monoisotopic (exact) mass is 464 g/mol. The van der Waals surface area contributed by atoms with Crippen LogP contribution in [0.5, 0.6) is 5.75 Å². The molecule has 33 heavy (non-hydrogen) atoms. The number of rotatable bonds is 9. The molecule has 1 fully saturated rings. The zero-order valence-corrected chi connectivity index (χ0v) is 19.4. The smallest absolute Gasteiger partial charge is 0.307 e. The van der Waals surface area contributed by atoms with Crippen LogP contribution >= 0.6 is 11.6 Å². The predicted molar refractivity (Wildman–Crippen MR) is 132 cm³/mol. The van der Waals surface area contributed by atoms with Gasteiger partial charge < -0.3 is 9.84 Å². The minimum atomic E-state index is -0.847. The molecule has 3 aromatic rings. The van der Waals surface area contributed by atoms with E-state index in [9.17, 15) is 4.79 Å². The van der Waals surface area contributed by atoms with Crippen molar-refractivity contribution in [1.82, 2.24) is 9.80 Å². The summed E-state index contributed by atoms with van der Waals surface area (Å²) >= 11 is 6.06. The van der Waals surface area contributed by atoms with E-state index in [1.165, 1.54) is 16.7 Å². The fourth-order valence-electron chi connectivity index (χ4n) is 4.22. The summed E-state index contributed by atoms with van der Waals surface area (Å²) in [6.07, 6.45) is -0.0215. The normalized spacial score (nSPS) is 14.8. The lowest BCUT2D eigenvalue weighted by molar-refractivity contribution is -0.136. The number of halogens is 1. The van der Waals surface area contributed by atoms with Crippen LogP contribution in [0, 0.1) is 0 Å². The maximum atomic E-state index is 11.0. The minimum absolute atomic E-state index is 0.0215. The van der Waals surface area contributed by atoms with E-state index in [1.807, 2.05) is 36.4 Å². The zero-order valence-electron chi connectivity index (χ0n) is 18.6. The first-order valence-electron chi connectivity index (χ1n) is 11.3. The molecule has 4 rings (SSSR count). The van der Waals surface area contributed by atoms with Crippen molar-refractivity contribution in [1.29, 1.82) is 0 Å². The summed E-state index contributed by atoms with van der Waals surface area (Å²) in [5, 5.41) is 9.82. The fraction of sp³-hybridized carbons (Fsp3) is 0.296. The lowest BCUT2D eigenvalue weighted by Gasteiger charge is -2.35. The molecule has 0 unspecified atom stereocenters. The molecular formula is C27H29ClN2O3. The summed E-state index contributed by atoms with van der Waals surface area (Å²) in [4.78, 5) is 15.9. The molecule has 1 aliphatic rings. The van der Waals surface area contributed by atoms with Gasteiger partial charge in [0.15, 0.2) is 0 Å². The van der Waals surface area contributed by atoms with Crippen molar-refractivity contribution in [3.63, 3.8) is 0 Å². The molecule has 1 heterocycles. The van der Waals surface area contributed by atoms with Crippen LogP contribution in [-0.4, -0.2) is 60.2 Å². The molecule has 0 bridgehead atoms. The number of ether oxygens (including phenoxy) is 1. The van der Waals surface area contributed by atoms with Crippen LogP contribution < -0.4 is 4.74 Å². The molecule has 0 aliphatic carbocycles. The van der Waals surface area contributed by atoms with Crippen LogP contribution in [0.15, 0.2) is 72.8 Å². The number of aliphatic carboxylic acids is 1. The number of benzene rings is 3. The van der Waals surface area contributed by atoms with Crippen molar-refractivity contribution in [3.05, 3.63) is 88.9 Å². The Bertz CT molecular complexity index is 1060. The lowest BCUT2D eigenvalue weighted by Crippen LogP contribution is -2.47. The second-order valence-corrected chi connectivity index (χ2v) is 8.74. The topological polar surface area (TPSA) is 53.0 Å². The SMILES string of the molecule is O=C(O)Cc1ccccc1OCCN1CCN(Cc2ccccc2-c2ccc(Cl)cc2)CC1. The maximum absolute atomic E-state index is 11.0. The molecular weight excluding hydrogens is 436 g/mol. The van der Waals surface area contributed by atoms with Crippen molar-refractivity contribution in [2.75, 3.05) is 39.3 Å². The Kier molecular flexibility index (Phi) is 8.00. The van der Waals surface area contributed by atoms with E-state index in [1.54, 1.807) is 0 Å². The van der Waals surface area contributed by atoms with E-state index in [2.05, 4.69) is 46.2 Å². The summed E-state index contributed by atoms with van der Waals surface area (Å²) in [6, 6.07) is 24.0. The van der Waals surface area contributed by atoms with Crippen LogP contribution in [0.1, 0.15) is 11.1 Å². The number of para-hydroxylation sites is 1. The van der Waals surface area contributed by atoms with E-state index in [4.69, 9.17) is 21.4 Å². The Morgan fingerprint density at radius 3 is 2.21 bits per heavy atom. The van der Waals surface area contributed by atoms with E-state index in [-0.39, 0.29) is 6.42 Å². The Morgan fingerprint density at radius 1 is 0.848 bits per heavy atom. The van der Waals surface area contributed by atoms with Gasteiger partial charge in [0.25, 0.3) is 0 Å². The van der Waals surface area contributed by atoms with Crippen molar-refractivity contribution < 1.29 is 14.6 Å². The first-order chi connectivity index (χ1) is 16.1. The van der Waals surface area contributed by atoms with Crippen LogP contribution in [-0.2, 0) is 17.8 Å². The average molecular weight is 465 g/mol. The van der Waals surface area contributed by atoms with Crippen LogP contribution in [0.25, 0.3) is 11.1 Å². The van der Waals surface area contributed by atoms with Crippen LogP contribution in [0.4, 0.5) is 0 Å². The molecule has 6 heteroatoms. The predicted octanol–water partition coefficient (Wildman–Crippen LogP) is 4.83. The van der Waals surface area contributed by atoms with Gasteiger partial charge in [0.2, 0.25) is 0 Å². The molecule has 0 amide bonds. The first-order valence-corrected chi connectivity index (χ1v) is 11.7. The number of carboxylic acid groups (broad SMARTS) is 1. The summed E-state index contributed by atoms with van der Waals surface area (Å²) in [5.74, 6) is -0.183. The van der Waals surface area contributed by atoms with Gasteiger partial charge >= 0.3 is 5.97 Å². The highest BCUT2D eigenvalue weighted by Crippen LogP contribution is 2.26. The molecule has 3 aromatic carbocycles. The quantitative estimate of drug-likeness (QED) is 0.491. The standard InChI is InChI=1S/C27H29ClN2O3/c28-24-11-9-21(10-12-24)25-7-3-1-6-23(25)20-30-15-13-29(14-16-30)17-18-33-26-8-4-2-5-22(26)19-27(31)32/h1-12H,13-20H2,(H,31,32). The highest BCUT2D eigenvalue weighted by atomic mass is 35.5. The molecule has 0 radical (unpaired) electrons. The van der Waals surface area contributed by atoms with Gasteiger partial charge in [-0.25, -0.2) is 0 Å². The van der Waals surface area contributed by atoms with Gasteiger partial charge in [-0.05, 0) is 34.9 Å². The van der Waals surface area contributed by atoms with Crippen molar-refractivity contribution in [3.8, 4) is 16.9 Å². The zero-order chi connectivity index (χ0) is 23.0. The Labute approximate surface area is 200 Å². The molecule has 1 saturated heterocycles. The highest BCUT2D eigenvalue weighted by molar-refractivity contribution is 6.30. The second kappa shape index (κ2) is 11.3. The van der Waals surface area contributed by atoms with E-state index < -0.39 is 5.97 Å². The number of carboxylic acids is 1. The summed E-state index contributed by atoms with van der Waals surface area (Å²) in [5.41, 5.74) is 4.49. The summed E-state index contributed by atoms with van der Waals surface area (Å²) in [7, 11) is 0. The molecule has 0 atom stereocenters. The number of piperazine rings is 1. The Morgan fingerprint density at radius 2 is 1.48 bits per heavy atom. The summed E-state index contributed by atoms with van der Waals surface area (Å²) in [6.45, 7) is 6.29. The number of hydrogen-bond acceptors (Lipinski definition) is 4. The molecule has 0 spiro atoms. The van der Waals surface area contributed by atoms with E-state index in [0.717, 1.165) is 44.3 Å². The molecule has 1 aliphatic heterocycles. The van der Waals surface area contributed by atoms with Gasteiger partial charge in [-0.3, -0.25) is 14.6 Å². The van der Waals surface area contributed by atoms with E-state index in [0.29, 0.717) is 17.9 Å². The average Bonchev–Trinajstić information content (AvgIpc) is 2.82.